The Morgan fingerprint density at radius 2 is 0.605 bits per heavy atom. The zero-order valence-electron chi connectivity index (χ0n) is 28.6. The predicted octanol–water partition coefficient (Wildman–Crippen LogP) is 7.93. The van der Waals surface area contributed by atoms with Crippen LogP contribution in [0.15, 0.2) is 0 Å². The standard InChI is InChI=1S/2C18H36O3.Zn/c2*1-2-17(19)15-13-11-9-7-5-3-4-6-8-10-12-14-16-18(20)21;/h2*17,19H,2-16H2,1H3,(H,20,21);/q;;+2/p-2. The van der Waals surface area contributed by atoms with Crippen molar-refractivity contribution < 1.29 is 49.5 Å². The van der Waals surface area contributed by atoms with Crippen LogP contribution in [0.1, 0.15) is 206 Å². The van der Waals surface area contributed by atoms with Crippen molar-refractivity contribution in [3.63, 3.8) is 0 Å². The normalized spacial score (nSPS) is 12.2. The molecule has 252 valence electrons. The molecule has 0 heterocycles. The number of unbranched alkanes of at least 4 members (excludes halogenated alkanes) is 22. The largest absolute Gasteiger partial charge is 2.00 e. The number of aliphatic carboxylic acids is 2. The molecule has 2 atom stereocenters. The van der Waals surface area contributed by atoms with Crippen molar-refractivity contribution in [2.75, 3.05) is 0 Å². The Hall–Kier alpha value is -0.517. The average Bonchev–Trinajstić information content (AvgIpc) is 2.97. The monoisotopic (exact) mass is 662 g/mol. The van der Waals surface area contributed by atoms with Crippen LogP contribution in [0, 0.1) is 0 Å². The van der Waals surface area contributed by atoms with E-state index < -0.39 is 11.9 Å². The molecule has 0 amide bonds. The van der Waals surface area contributed by atoms with E-state index in [0.29, 0.717) is 0 Å². The van der Waals surface area contributed by atoms with Crippen molar-refractivity contribution in [3.05, 3.63) is 0 Å². The summed E-state index contributed by atoms with van der Waals surface area (Å²) in [6.07, 6.45) is 33.0. The molecule has 0 radical (unpaired) electrons. The Kier molecular flexibility index (Phi) is 43.1. The predicted molar refractivity (Wildman–Crippen MR) is 172 cm³/mol. The third-order valence-corrected chi connectivity index (χ3v) is 8.28. The van der Waals surface area contributed by atoms with Gasteiger partial charge in [0.2, 0.25) is 0 Å². The van der Waals surface area contributed by atoms with E-state index in [-0.39, 0.29) is 44.5 Å². The first-order valence-electron chi connectivity index (χ1n) is 18.1. The molecule has 0 spiro atoms. The second-order valence-corrected chi connectivity index (χ2v) is 12.4. The Balaban J connectivity index is -0.000000727. The molecule has 0 saturated heterocycles. The van der Waals surface area contributed by atoms with E-state index in [9.17, 15) is 30.0 Å². The van der Waals surface area contributed by atoms with Crippen molar-refractivity contribution in [2.45, 2.75) is 219 Å². The van der Waals surface area contributed by atoms with Gasteiger partial charge in [-0.1, -0.05) is 155 Å². The molecule has 7 heteroatoms. The third kappa shape index (κ3) is 46.0. The maximum Gasteiger partial charge on any atom is 2.00 e. The van der Waals surface area contributed by atoms with Gasteiger partial charge in [-0.25, -0.2) is 0 Å². The molecule has 0 aliphatic carbocycles. The van der Waals surface area contributed by atoms with Gasteiger partial charge in [0.05, 0.1) is 12.2 Å². The SMILES string of the molecule is CCC(O)CCCCCCCCCCCCCCC(=O)[O-].CCC(O)CCCCCCCCCCCCCCC(=O)[O-].[Zn+2]. The molecule has 2 unspecified atom stereocenters. The molecule has 0 aromatic carbocycles. The molecule has 0 aliphatic heterocycles. The van der Waals surface area contributed by atoms with Crippen molar-refractivity contribution in [1.29, 1.82) is 0 Å². The summed E-state index contributed by atoms with van der Waals surface area (Å²) in [6, 6.07) is 0. The summed E-state index contributed by atoms with van der Waals surface area (Å²) in [4.78, 5) is 20.5. The van der Waals surface area contributed by atoms with Crippen molar-refractivity contribution >= 4 is 11.9 Å². The van der Waals surface area contributed by atoms with Gasteiger partial charge in [-0.05, 0) is 51.4 Å². The van der Waals surface area contributed by atoms with Crippen molar-refractivity contribution in [1.82, 2.24) is 0 Å². The van der Waals surface area contributed by atoms with Crippen LogP contribution in [0.2, 0.25) is 0 Å². The minimum atomic E-state index is -0.917. The Bertz CT molecular complexity index is 512. The number of carbonyl (C=O) groups excluding carboxylic acids is 2. The summed E-state index contributed by atoms with van der Waals surface area (Å²) in [6.45, 7) is 4.07. The van der Waals surface area contributed by atoms with Crippen LogP contribution in [-0.2, 0) is 29.1 Å². The molecule has 0 saturated carbocycles. The Morgan fingerprint density at radius 3 is 0.791 bits per heavy atom. The summed E-state index contributed by atoms with van der Waals surface area (Å²) in [7, 11) is 0. The van der Waals surface area contributed by atoms with E-state index in [2.05, 4.69) is 0 Å². The summed E-state index contributed by atoms with van der Waals surface area (Å²) >= 11 is 0. The number of hydrogen-bond acceptors (Lipinski definition) is 6. The summed E-state index contributed by atoms with van der Waals surface area (Å²) in [5.74, 6) is -1.83. The van der Waals surface area contributed by atoms with E-state index in [1.165, 1.54) is 116 Å². The molecule has 0 aromatic rings. The van der Waals surface area contributed by atoms with E-state index in [4.69, 9.17) is 0 Å². The number of hydrogen-bond donors (Lipinski definition) is 2. The van der Waals surface area contributed by atoms with E-state index in [0.717, 1.165) is 64.2 Å². The van der Waals surface area contributed by atoms with Crippen LogP contribution in [0.5, 0.6) is 0 Å². The van der Waals surface area contributed by atoms with E-state index in [1.807, 2.05) is 13.8 Å². The van der Waals surface area contributed by atoms with Gasteiger partial charge in [0.1, 0.15) is 0 Å². The van der Waals surface area contributed by atoms with E-state index in [1.54, 1.807) is 0 Å². The number of aliphatic hydroxyl groups excluding tert-OH is 2. The molecular formula is C36H70O6Zn. The zero-order chi connectivity index (χ0) is 31.5. The molecule has 0 fully saturated rings. The van der Waals surface area contributed by atoms with Gasteiger partial charge in [-0.2, -0.15) is 0 Å². The molecule has 0 aromatic heterocycles. The summed E-state index contributed by atoms with van der Waals surface area (Å²) in [5.41, 5.74) is 0. The number of rotatable bonds is 32. The second kappa shape index (κ2) is 39.5. The van der Waals surface area contributed by atoms with Crippen LogP contribution < -0.4 is 10.2 Å². The van der Waals surface area contributed by atoms with Gasteiger partial charge in [-0.3, -0.25) is 0 Å². The maximum atomic E-state index is 10.2. The third-order valence-electron chi connectivity index (χ3n) is 8.28. The first-order valence-corrected chi connectivity index (χ1v) is 18.1. The molecule has 6 nitrogen and oxygen atoms in total. The topological polar surface area (TPSA) is 121 Å². The fraction of sp³-hybridized carbons (Fsp3) is 0.944. The van der Waals surface area contributed by atoms with Crippen molar-refractivity contribution in [3.8, 4) is 0 Å². The van der Waals surface area contributed by atoms with E-state index >= 15 is 0 Å². The minimum Gasteiger partial charge on any atom is -0.550 e. The van der Waals surface area contributed by atoms with Gasteiger partial charge in [-0.15, -0.1) is 0 Å². The molecule has 0 aliphatic rings. The molecule has 43 heavy (non-hydrogen) atoms. The smallest absolute Gasteiger partial charge is 0.550 e. The fourth-order valence-corrected chi connectivity index (χ4v) is 5.24. The Morgan fingerprint density at radius 1 is 0.419 bits per heavy atom. The van der Waals surface area contributed by atoms with Crippen LogP contribution in [0.4, 0.5) is 0 Å². The number of carbonyl (C=O) groups is 2. The average molecular weight is 664 g/mol. The molecular weight excluding hydrogens is 594 g/mol. The fourth-order valence-electron chi connectivity index (χ4n) is 5.24. The molecule has 2 N–H and O–H groups in total. The second-order valence-electron chi connectivity index (χ2n) is 12.4. The van der Waals surface area contributed by atoms with Crippen LogP contribution in [0.25, 0.3) is 0 Å². The summed E-state index contributed by atoms with van der Waals surface area (Å²) < 4.78 is 0. The minimum absolute atomic E-state index is 0. The van der Waals surface area contributed by atoms with Gasteiger partial charge < -0.3 is 30.0 Å². The van der Waals surface area contributed by atoms with Gasteiger partial charge in [0, 0.05) is 11.9 Å². The Labute approximate surface area is 279 Å². The van der Waals surface area contributed by atoms with Crippen LogP contribution in [0.3, 0.4) is 0 Å². The first-order chi connectivity index (χ1) is 20.3. The van der Waals surface area contributed by atoms with Crippen molar-refractivity contribution in [2.24, 2.45) is 0 Å². The number of carboxylic acid groups (broad SMARTS) is 2. The zero-order valence-corrected chi connectivity index (χ0v) is 31.6. The van der Waals surface area contributed by atoms with Gasteiger partial charge >= 0.3 is 19.5 Å². The number of carboxylic acids is 2. The number of aliphatic hydroxyl groups is 2. The van der Waals surface area contributed by atoms with Gasteiger partial charge in [0.25, 0.3) is 0 Å². The maximum absolute atomic E-state index is 10.2. The molecule has 0 rings (SSSR count). The quantitative estimate of drug-likeness (QED) is 0.0557. The van der Waals surface area contributed by atoms with Crippen LogP contribution >= 0.6 is 0 Å². The first kappa shape index (κ1) is 46.9. The molecule has 0 bridgehead atoms. The summed E-state index contributed by atoms with van der Waals surface area (Å²) in [5, 5.41) is 39.3. The van der Waals surface area contributed by atoms with Crippen LogP contribution in [-0.4, -0.2) is 34.4 Å². The van der Waals surface area contributed by atoms with Gasteiger partial charge in [0.15, 0.2) is 0 Å².